The zero-order valence-corrected chi connectivity index (χ0v) is 14.3. The molecule has 6 heteroatoms. The summed E-state index contributed by atoms with van der Waals surface area (Å²) in [6, 6.07) is 2.96. The molecule has 0 saturated heterocycles. The molecule has 1 unspecified atom stereocenters. The lowest BCUT2D eigenvalue weighted by Gasteiger charge is -2.32. The maximum Gasteiger partial charge on any atom is 0.220 e. The average molecular weight is 335 g/mol. The maximum absolute atomic E-state index is 14.0. The summed E-state index contributed by atoms with van der Waals surface area (Å²) in [5.74, 6) is -1.39. The molecule has 0 aliphatic rings. The molecule has 0 aliphatic heterocycles. The molecule has 0 aromatic heterocycles. The van der Waals surface area contributed by atoms with Crippen molar-refractivity contribution in [3.8, 4) is 0 Å². The molecular formula is C16H25ClF2N2O. The number of hydrogen-bond acceptors (Lipinski definition) is 2. The summed E-state index contributed by atoms with van der Waals surface area (Å²) in [6.45, 7) is 6.48. The second-order valence-corrected chi connectivity index (χ2v) is 6.24. The summed E-state index contributed by atoms with van der Waals surface area (Å²) in [6.07, 6.45) is 1.08. The van der Waals surface area contributed by atoms with Gasteiger partial charge in [0.05, 0.1) is 6.04 Å². The van der Waals surface area contributed by atoms with E-state index in [1.807, 2.05) is 27.8 Å². The van der Waals surface area contributed by atoms with Gasteiger partial charge in [0.15, 0.2) is 0 Å². The molecule has 22 heavy (non-hydrogen) atoms. The number of carbonyl (C=O) groups is 1. The molecule has 1 aromatic rings. The molecule has 1 amide bonds. The summed E-state index contributed by atoms with van der Waals surface area (Å²) in [5, 5.41) is 5.84. The van der Waals surface area contributed by atoms with Crippen LogP contribution in [0.1, 0.15) is 45.2 Å². The van der Waals surface area contributed by atoms with Gasteiger partial charge in [-0.3, -0.25) is 4.79 Å². The summed E-state index contributed by atoms with van der Waals surface area (Å²) < 4.78 is 27.0. The molecule has 2 N–H and O–H groups in total. The normalized spacial score (nSPS) is 12.5. The molecule has 0 saturated carbocycles. The second kappa shape index (κ2) is 9.06. The minimum absolute atomic E-state index is 0. The van der Waals surface area contributed by atoms with Crippen LogP contribution in [-0.4, -0.2) is 19.5 Å². The van der Waals surface area contributed by atoms with E-state index < -0.39 is 17.7 Å². The van der Waals surface area contributed by atoms with Crippen LogP contribution in [0.2, 0.25) is 0 Å². The maximum atomic E-state index is 14.0. The number of halogens is 3. The molecule has 1 aromatic carbocycles. The number of amides is 1. The highest BCUT2D eigenvalue weighted by molar-refractivity contribution is 5.85. The van der Waals surface area contributed by atoms with Crippen LogP contribution in [0.15, 0.2) is 18.2 Å². The molecule has 1 atom stereocenters. The van der Waals surface area contributed by atoms with Gasteiger partial charge >= 0.3 is 0 Å². The topological polar surface area (TPSA) is 41.1 Å². The van der Waals surface area contributed by atoms with Gasteiger partial charge in [0.25, 0.3) is 0 Å². The van der Waals surface area contributed by atoms with Crippen molar-refractivity contribution < 1.29 is 13.6 Å². The van der Waals surface area contributed by atoms with E-state index in [4.69, 9.17) is 0 Å². The van der Waals surface area contributed by atoms with Crippen molar-refractivity contribution in [2.75, 3.05) is 13.6 Å². The van der Waals surface area contributed by atoms with Gasteiger partial charge in [-0.25, -0.2) is 8.78 Å². The predicted octanol–water partition coefficient (Wildman–Crippen LogP) is 3.59. The van der Waals surface area contributed by atoms with Crippen molar-refractivity contribution in [3.05, 3.63) is 35.4 Å². The first-order valence-electron chi connectivity index (χ1n) is 7.14. The third-order valence-corrected chi connectivity index (χ3v) is 3.28. The van der Waals surface area contributed by atoms with E-state index >= 15 is 0 Å². The standard InChI is InChI=1S/C16H24F2N2O.ClH/c1-16(2,3)15(20-14(21)6-5-9-19-4)12-8-7-11(17)10-13(12)18;/h7-8,10,15,19H,5-6,9H2,1-4H3,(H,20,21);1H. The van der Waals surface area contributed by atoms with Gasteiger partial charge in [-0.05, 0) is 31.5 Å². The first-order chi connectivity index (χ1) is 9.75. The Labute approximate surface area is 137 Å². The van der Waals surface area contributed by atoms with Crippen LogP contribution in [0.25, 0.3) is 0 Å². The van der Waals surface area contributed by atoms with Crippen molar-refractivity contribution in [2.45, 2.75) is 39.7 Å². The number of carbonyl (C=O) groups excluding carboxylic acids is 1. The highest BCUT2D eigenvalue weighted by Crippen LogP contribution is 2.34. The Hall–Kier alpha value is -1.20. The monoisotopic (exact) mass is 334 g/mol. The predicted molar refractivity (Wildman–Crippen MR) is 87.1 cm³/mol. The molecule has 0 radical (unpaired) electrons. The Morgan fingerprint density at radius 2 is 1.91 bits per heavy atom. The number of hydrogen-bond donors (Lipinski definition) is 2. The van der Waals surface area contributed by atoms with Crippen LogP contribution in [0, 0.1) is 17.0 Å². The van der Waals surface area contributed by atoms with Gasteiger partial charge in [-0.15, -0.1) is 12.4 Å². The van der Waals surface area contributed by atoms with Gasteiger partial charge in [-0.1, -0.05) is 26.8 Å². The highest BCUT2D eigenvalue weighted by atomic mass is 35.5. The summed E-state index contributed by atoms with van der Waals surface area (Å²) in [4.78, 5) is 12.0. The first-order valence-corrected chi connectivity index (χ1v) is 7.14. The average Bonchev–Trinajstić information content (AvgIpc) is 2.36. The number of benzene rings is 1. The Bertz CT molecular complexity index is 490. The summed E-state index contributed by atoms with van der Waals surface area (Å²) >= 11 is 0. The highest BCUT2D eigenvalue weighted by Gasteiger charge is 2.30. The minimum atomic E-state index is -0.634. The van der Waals surface area contributed by atoms with Gasteiger partial charge < -0.3 is 10.6 Å². The third kappa shape index (κ3) is 6.28. The van der Waals surface area contributed by atoms with Gasteiger partial charge in [0.1, 0.15) is 11.6 Å². The van der Waals surface area contributed by atoms with E-state index in [0.29, 0.717) is 18.4 Å². The lowest BCUT2D eigenvalue weighted by Crippen LogP contribution is -2.37. The van der Waals surface area contributed by atoms with E-state index in [-0.39, 0.29) is 23.7 Å². The Kier molecular flexibility index (Phi) is 8.56. The van der Waals surface area contributed by atoms with Gasteiger partial charge in [-0.2, -0.15) is 0 Å². The van der Waals surface area contributed by atoms with Crippen LogP contribution in [-0.2, 0) is 4.79 Å². The Balaban J connectivity index is 0.00000441. The lowest BCUT2D eigenvalue weighted by molar-refractivity contribution is -0.122. The van der Waals surface area contributed by atoms with Crippen molar-refractivity contribution >= 4 is 18.3 Å². The minimum Gasteiger partial charge on any atom is -0.349 e. The summed E-state index contributed by atoms with van der Waals surface area (Å²) in [5.41, 5.74) is -0.0667. The fourth-order valence-electron chi connectivity index (χ4n) is 2.16. The summed E-state index contributed by atoms with van der Waals surface area (Å²) in [7, 11) is 1.82. The first kappa shape index (κ1) is 20.8. The third-order valence-electron chi connectivity index (χ3n) is 3.28. The molecule has 1 rings (SSSR count). The Morgan fingerprint density at radius 1 is 1.27 bits per heavy atom. The Morgan fingerprint density at radius 3 is 2.41 bits per heavy atom. The largest absolute Gasteiger partial charge is 0.349 e. The molecule has 0 heterocycles. The van der Waals surface area contributed by atoms with Crippen molar-refractivity contribution in [1.82, 2.24) is 10.6 Å². The van der Waals surface area contributed by atoms with E-state index in [2.05, 4.69) is 10.6 Å². The van der Waals surface area contributed by atoms with Crippen LogP contribution in [0.4, 0.5) is 8.78 Å². The van der Waals surface area contributed by atoms with Crippen LogP contribution in [0.3, 0.4) is 0 Å². The molecule has 0 spiro atoms. The van der Waals surface area contributed by atoms with Crippen LogP contribution >= 0.6 is 12.4 Å². The second-order valence-electron chi connectivity index (χ2n) is 6.24. The quantitative estimate of drug-likeness (QED) is 0.781. The van der Waals surface area contributed by atoms with E-state index in [1.165, 1.54) is 12.1 Å². The molecule has 0 fully saturated rings. The molecular weight excluding hydrogens is 310 g/mol. The van der Waals surface area contributed by atoms with E-state index in [1.54, 1.807) is 0 Å². The van der Waals surface area contributed by atoms with Gasteiger partial charge in [0.2, 0.25) is 5.91 Å². The van der Waals surface area contributed by atoms with Crippen LogP contribution in [0.5, 0.6) is 0 Å². The fourth-order valence-corrected chi connectivity index (χ4v) is 2.16. The van der Waals surface area contributed by atoms with Crippen molar-refractivity contribution in [3.63, 3.8) is 0 Å². The van der Waals surface area contributed by atoms with Crippen molar-refractivity contribution in [1.29, 1.82) is 0 Å². The van der Waals surface area contributed by atoms with E-state index in [0.717, 1.165) is 12.6 Å². The molecule has 0 aliphatic carbocycles. The number of nitrogens with one attached hydrogen (secondary N) is 2. The van der Waals surface area contributed by atoms with Crippen LogP contribution < -0.4 is 10.6 Å². The zero-order valence-electron chi connectivity index (χ0n) is 13.5. The van der Waals surface area contributed by atoms with Gasteiger partial charge in [0, 0.05) is 18.1 Å². The molecule has 126 valence electrons. The SMILES string of the molecule is CNCCCC(=O)NC(c1ccc(F)cc1F)C(C)(C)C.Cl. The van der Waals surface area contributed by atoms with E-state index in [9.17, 15) is 13.6 Å². The smallest absolute Gasteiger partial charge is 0.220 e. The molecule has 0 bridgehead atoms. The van der Waals surface area contributed by atoms with Crippen molar-refractivity contribution in [2.24, 2.45) is 5.41 Å². The lowest BCUT2D eigenvalue weighted by atomic mass is 9.82. The molecule has 3 nitrogen and oxygen atoms in total. The zero-order chi connectivity index (χ0) is 16.0. The fraction of sp³-hybridized carbons (Fsp3) is 0.562. The number of rotatable bonds is 6.